The molecule has 274 valence electrons. The second-order valence-electron chi connectivity index (χ2n) is 13.8. The highest BCUT2D eigenvalue weighted by Crippen LogP contribution is 2.31. The molecule has 0 aliphatic carbocycles. The molecule has 2 amide bonds. The summed E-state index contributed by atoms with van der Waals surface area (Å²) in [5.74, 6) is -0.671. The lowest BCUT2D eigenvalue weighted by molar-refractivity contribution is -0.135. The van der Waals surface area contributed by atoms with Gasteiger partial charge in [-0.25, -0.2) is 4.39 Å². The van der Waals surface area contributed by atoms with Gasteiger partial charge in [0.1, 0.15) is 5.82 Å². The van der Waals surface area contributed by atoms with Crippen molar-refractivity contribution in [3.8, 4) is 0 Å². The van der Waals surface area contributed by atoms with Gasteiger partial charge in [0.05, 0.1) is 5.70 Å². The molecule has 0 spiro atoms. The van der Waals surface area contributed by atoms with E-state index in [0.29, 0.717) is 61.3 Å². The van der Waals surface area contributed by atoms with Gasteiger partial charge in [-0.2, -0.15) is 0 Å². The zero-order valence-electron chi connectivity index (χ0n) is 31.6. The van der Waals surface area contributed by atoms with Gasteiger partial charge in [0.2, 0.25) is 0 Å². The number of aryl methyl sites for hydroxylation is 1. The summed E-state index contributed by atoms with van der Waals surface area (Å²) in [5.41, 5.74) is 4.01. The third kappa shape index (κ3) is 10.7. The number of aliphatic imine (C=N–C) groups is 1. The van der Waals surface area contributed by atoms with E-state index >= 15 is 4.39 Å². The summed E-state index contributed by atoms with van der Waals surface area (Å²) in [4.78, 5) is 36.3. The largest absolute Gasteiger partial charge is 0.339 e. The summed E-state index contributed by atoms with van der Waals surface area (Å²) in [6.07, 6.45) is 14.2. The molecular weight excluding hydrogens is 632 g/mol. The summed E-state index contributed by atoms with van der Waals surface area (Å²) in [6, 6.07) is 3.82. The van der Waals surface area contributed by atoms with Gasteiger partial charge in [0.15, 0.2) is 0 Å². The van der Waals surface area contributed by atoms with Crippen LogP contribution in [0.25, 0.3) is 5.57 Å². The van der Waals surface area contributed by atoms with Gasteiger partial charge in [-0.3, -0.25) is 19.5 Å². The van der Waals surface area contributed by atoms with Crippen LogP contribution in [0.2, 0.25) is 0 Å². The van der Waals surface area contributed by atoms with E-state index in [0.717, 1.165) is 61.6 Å². The van der Waals surface area contributed by atoms with Gasteiger partial charge in [-0.15, -0.1) is 5.12 Å². The predicted molar refractivity (Wildman–Crippen MR) is 203 cm³/mol. The summed E-state index contributed by atoms with van der Waals surface area (Å²) in [6.45, 7) is 23.2. The highest BCUT2D eigenvalue weighted by atomic mass is 19.2. The minimum Gasteiger partial charge on any atom is -0.339 e. The molecule has 2 aliphatic heterocycles. The zero-order valence-corrected chi connectivity index (χ0v) is 31.6. The normalized spacial score (nSPS) is 18.2. The van der Waals surface area contributed by atoms with E-state index in [9.17, 15) is 14.1 Å². The molecule has 0 saturated carbocycles. The van der Waals surface area contributed by atoms with Crippen LogP contribution in [0.5, 0.6) is 0 Å². The van der Waals surface area contributed by atoms with E-state index in [2.05, 4.69) is 55.1 Å². The van der Waals surface area contributed by atoms with E-state index in [4.69, 9.17) is 0 Å². The number of allylic oxidation sites excluding steroid dienone is 3. The fraction of sp³-hybridized carbons (Fsp3) is 0.537. The van der Waals surface area contributed by atoms with Gasteiger partial charge in [-0.05, 0) is 114 Å². The van der Waals surface area contributed by atoms with Gasteiger partial charge in [0.25, 0.3) is 11.8 Å². The highest BCUT2D eigenvalue weighted by Gasteiger charge is 2.28. The maximum absolute atomic E-state index is 15.7. The Morgan fingerprint density at radius 3 is 2.42 bits per heavy atom. The molecule has 1 saturated heterocycles. The molecule has 9 heteroatoms. The Hall–Kier alpha value is -3.69. The number of hydrogen-bond donors (Lipinski definition) is 0. The van der Waals surface area contributed by atoms with E-state index in [1.165, 1.54) is 24.4 Å². The standard InChI is InChI=1S/C41H59F2N5O2/c1-10-13-39(49)48(43)38(14-19-44-9)30(5)25-29(4)33(8)45-23-17-35(18-24-45)40-31(6)26-36(27-37(40)42)41(50)46-21-15-34(16-22-46)28-47(20-11-2)32(7)12-3/h10,13-14,17,19,25-27,32-34H,5,11-12,15-16,18,20-24,28H2,1-4,6-9H3/b13-10-,29-25+,38-14+,44-19?. The van der Waals surface area contributed by atoms with Crippen LogP contribution < -0.4 is 0 Å². The van der Waals surface area contributed by atoms with Gasteiger partial charge in [-0.1, -0.05) is 48.7 Å². The second kappa shape index (κ2) is 19.6. The van der Waals surface area contributed by atoms with E-state index in [1.807, 2.05) is 24.8 Å². The second-order valence-corrected chi connectivity index (χ2v) is 13.8. The number of carbonyl (C=O) groups excluding carboxylic acids is 2. The van der Waals surface area contributed by atoms with Crippen LogP contribution in [-0.4, -0.2) is 96.3 Å². The van der Waals surface area contributed by atoms with Crippen LogP contribution in [-0.2, 0) is 4.79 Å². The van der Waals surface area contributed by atoms with Crippen molar-refractivity contribution in [3.63, 3.8) is 0 Å². The minimum atomic E-state index is -0.802. The van der Waals surface area contributed by atoms with Crippen LogP contribution >= 0.6 is 0 Å². The Kier molecular flexibility index (Phi) is 16.0. The van der Waals surface area contributed by atoms with Crippen molar-refractivity contribution in [3.05, 3.63) is 88.4 Å². The Bertz CT molecular complexity index is 1480. The first kappa shape index (κ1) is 40.7. The number of hydrogen-bond acceptors (Lipinski definition) is 5. The monoisotopic (exact) mass is 691 g/mol. The van der Waals surface area contributed by atoms with Gasteiger partial charge >= 0.3 is 0 Å². The molecule has 50 heavy (non-hydrogen) atoms. The Morgan fingerprint density at radius 2 is 1.86 bits per heavy atom. The fourth-order valence-electron chi connectivity index (χ4n) is 6.94. The molecule has 1 aromatic rings. The lowest BCUT2D eigenvalue weighted by Crippen LogP contribution is -2.43. The number of halogens is 2. The quantitative estimate of drug-likeness (QED) is 0.0803. The molecule has 7 nitrogen and oxygen atoms in total. The maximum atomic E-state index is 15.7. The number of benzene rings is 1. The summed E-state index contributed by atoms with van der Waals surface area (Å²) >= 11 is 0. The number of carbonyl (C=O) groups is 2. The van der Waals surface area contributed by atoms with Crippen molar-refractivity contribution in [2.75, 3.05) is 46.3 Å². The van der Waals surface area contributed by atoms with Crippen LogP contribution in [0.3, 0.4) is 0 Å². The number of likely N-dealkylation sites (tertiary alicyclic amines) is 1. The minimum absolute atomic E-state index is 0.00946. The first-order valence-electron chi connectivity index (χ1n) is 18.3. The van der Waals surface area contributed by atoms with Crippen molar-refractivity contribution < 1.29 is 18.5 Å². The molecule has 0 radical (unpaired) electrons. The summed E-state index contributed by atoms with van der Waals surface area (Å²) in [5, 5.41) is 0.0721. The van der Waals surface area contributed by atoms with E-state index < -0.39 is 5.91 Å². The van der Waals surface area contributed by atoms with Crippen molar-refractivity contribution in [2.24, 2.45) is 10.9 Å². The SMILES string of the molecule is C=C(/C=C(\C)C(C)N1CC=C(c2c(C)cc(C(=O)N3CCC(CN(CCC)C(C)CC)CC3)cc2F)CC1)/C(=C\C=NC)N(F)C(=O)/C=C\C. The highest BCUT2D eigenvalue weighted by molar-refractivity contribution is 5.95. The van der Waals surface area contributed by atoms with Crippen LogP contribution in [0.1, 0.15) is 95.1 Å². The van der Waals surface area contributed by atoms with Crippen molar-refractivity contribution in [2.45, 2.75) is 92.7 Å². The Morgan fingerprint density at radius 1 is 1.16 bits per heavy atom. The number of nitrogens with zero attached hydrogens (tertiary/aromatic N) is 5. The predicted octanol–water partition coefficient (Wildman–Crippen LogP) is 8.35. The Balaban J connectivity index is 1.66. The average molecular weight is 692 g/mol. The zero-order chi connectivity index (χ0) is 37.0. The molecular formula is C41H59F2N5O2. The average Bonchev–Trinajstić information content (AvgIpc) is 3.10. The fourth-order valence-corrected chi connectivity index (χ4v) is 6.94. The van der Waals surface area contributed by atoms with Gasteiger partial charge in [0, 0.05) is 75.3 Å². The number of piperidine rings is 1. The maximum Gasteiger partial charge on any atom is 0.278 e. The molecule has 1 aromatic carbocycles. The van der Waals surface area contributed by atoms with Crippen molar-refractivity contribution in [1.82, 2.24) is 19.8 Å². The topological polar surface area (TPSA) is 59.5 Å². The Labute approximate surface area is 299 Å². The molecule has 1 fully saturated rings. The summed E-state index contributed by atoms with van der Waals surface area (Å²) in [7, 11) is 1.57. The van der Waals surface area contributed by atoms with Crippen LogP contribution in [0.15, 0.2) is 70.9 Å². The molecule has 0 bridgehead atoms. The van der Waals surface area contributed by atoms with Gasteiger partial charge < -0.3 is 9.80 Å². The third-order valence-corrected chi connectivity index (χ3v) is 10.2. The lowest BCUT2D eigenvalue weighted by atomic mass is 9.91. The van der Waals surface area contributed by atoms with Crippen LogP contribution in [0.4, 0.5) is 8.87 Å². The number of amides is 2. The molecule has 2 unspecified atom stereocenters. The third-order valence-electron chi connectivity index (χ3n) is 10.2. The van der Waals surface area contributed by atoms with E-state index in [-0.39, 0.29) is 28.6 Å². The molecule has 2 atom stereocenters. The molecule has 2 aliphatic rings. The van der Waals surface area contributed by atoms with Crippen molar-refractivity contribution >= 4 is 23.6 Å². The molecule has 3 rings (SSSR count). The number of rotatable bonds is 15. The van der Waals surface area contributed by atoms with Crippen molar-refractivity contribution in [1.29, 1.82) is 0 Å². The first-order valence-corrected chi connectivity index (χ1v) is 18.3. The first-order chi connectivity index (χ1) is 23.9. The molecule has 0 aromatic heterocycles. The summed E-state index contributed by atoms with van der Waals surface area (Å²) < 4.78 is 30.7. The smallest absolute Gasteiger partial charge is 0.278 e. The van der Waals surface area contributed by atoms with E-state index in [1.54, 1.807) is 20.0 Å². The molecule has 0 N–H and O–H groups in total. The molecule has 2 heterocycles. The lowest BCUT2D eigenvalue weighted by Gasteiger charge is -2.37. The van der Waals surface area contributed by atoms with Crippen LogP contribution in [0, 0.1) is 18.7 Å².